The van der Waals surface area contributed by atoms with Crippen molar-refractivity contribution in [3.8, 4) is 0 Å². The van der Waals surface area contributed by atoms with Gasteiger partial charge in [0, 0.05) is 0 Å². The Bertz CT molecular complexity index is 299. The Kier molecular flexibility index (Phi) is 3.51. The van der Waals surface area contributed by atoms with Crippen LogP contribution in [0, 0.1) is 5.41 Å². The first-order valence-corrected chi connectivity index (χ1v) is 5.30. The van der Waals surface area contributed by atoms with E-state index >= 15 is 0 Å². The van der Waals surface area contributed by atoms with Crippen LogP contribution in [0.4, 0.5) is 0 Å². The number of hydrogen-bond donors (Lipinski definition) is 0. The lowest BCUT2D eigenvalue weighted by Crippen LogP contribution is -2.01. The SMILES string of the molecule is CCC(=CC(C)(C)C)c1ccccc1. The van der Waals surface area contributed by atoms with Gasteiger partial charge in [-0.15, -0.1) is 0 Å². The average molecular weight is 188 g/mol. The molecule has 0 radical (unpaired) electrons. The van der Waals surface area contributed by atoms with Crippen molar-refractivity contribution in [3.63, 3.8) is 0 Å². The largest absolute Gasteiger partial charge is 0.0753 e. The highest BCUT2D eigenvalue weighted by molar-refractivity contribution is 5.65. The maximum Gasteiger partial charge on any atom is -0.0197 e. The van der Waals surface area contributed by atoms with E-state index < -0.39 is 0 Å². The predicted octanol–water partition coefficient (Wildman–Crippen LogP) is 4.53. The Morgan fingerprint density at radius 2 is 1.71 bits per heavy atom. The van der Waals surface area contributed by atoms with E-state index in [1.54, 1.807) is 0 Å². The van der Waals surface area contributed by atoms with Gasteiger partial charge < -0.3 is 0 Å². The van der Waals surface area contributed by atoms with Crippen LogP contribution in [0.3, 0.4) is 0 Å². The standard InChI is InChI=1S/C14H20/c1-5-12(11-14(2,3)4)13-9-7-6-8-10-13/h6-11H,5H2,1-4H3. The molecule has 0 spiro atoms. The molecule has 0 heterocycles. The van der Waals surface area contributed by atoms with Crippen molar-refractivity contribution in [2.45, 2.75) is 34.1 Å². The van der Waals surface area contributed by atoms with Crippen molar-refractivity contribution in [3.05, 3.63) is 42.0 Å². The molecule has 0 aliphatic carbocycles. The number of benzene rings is 1. The Morgan fingerprint density at radius 1 is 1.14 bits per heavy atom. The molecule has 0 aromatic heterocycles. The van der Waals surface area contributed by atoms with E-state index in [-0.39, 0.29) is 5.41 Å². The van der Waals surface area contributed by atoms with Crippen LogP contribution in [0.5, 0.6) is 0 Å². The van der Waals surface area contributed by atoms with Gasteiger partial charge in [-0.2, -0.15) is 0 Å². The molecule has 0 saturated carbocycles. The van der Waals surface area contributed by atoms with E-state index in [4.69, 9.17) is 0 Å². The van der Waals surface area contributed by atoms with Crippen LogP contribution < -0.4 is 0 Å². The molecule has 0 nitrogen and oxygen atoms in total. The molecule has 0 bridgehead atoms. The minimum absolute atomic E-state index is 0.265. The number of hydrogen-bond acceptors (Lipinski definition) is 0. The molecule has 0 unspecified atom stereocenters. The van der Waals surface area contributed by atoms with Gasteiger partial charge in [-0.3, -0.25) is 0 Å². The molecule has 0 amide bonds. The summed E-state index contributed by atoms with van der Waals surface area (Å²) >= 11 is 0. The maximum atomic E-state index is 2.36. The van der Waals surface area contributed by atoms with Gasteiger partial charge in [0.25, 0.3) is 0 Å². The first-order chi connectivity index (χ1) is 6.53. The summed E-state index contributed by atoms with van der Waals surface area (Å²) in [7, 11) is 0. The molecule has 76 valence electrons. The highest BCUT2D eigenvalue weighted by Gasteiger charge is 2.08. The molecular weight excluding hydrogens is 168 g/mol. The van der Waals surface area contributed by atoms with E-state index in [0.717, 1.165) is 6.42 Å². The molecule has 0 atom stereocenters. The molecule has 0 N–H and O–H groups in total. The van der Waals surface area contributed by atoms with Crippen molar-refractivity contribution in [2.24, 2.45) is 5.41 Å². The fraction of sp³-hybridized carbons (Fsp3) is 0.429. The van der Waals surface area contributed by atoms with Gasteiger partial charge in [0.15, 0.2) is 0 Å². The van der Waals surface area contributed by atoms with Crippen LogP contribution in [0.2, 0.25) is 0 Å². The summed E-state index contributed by atoms with van der Waals surface area (Å²) in [5.74, 6) is 0. The van der Waals surface area contributed by atoms with Gasteiger partial charge in [-0.1, -0.05) is 64.1 Å². The molecule has 0 heteroatoms. The molecule has 1 aromatic rings. The molecule has 0 aliphatic heterocycles. The fourth-order valence-electron chi connectivity index (χ4n) is 1.56. The molecule has 0 aliphatic rings. The van der Waals surface area contributed by atoms with Gasteiger partial charge in [0.1, 0.15) is 0 Å². The van der Waals surface area contributed by atoms with E-state index in [2.05, 4.69) is 64.1 Å². The normalized spacial score (nSPS) is 13.0. The summed E-state index contributed by atoms with van der Waals surface area (Å²) in [6.07, 6.45) is 3.46. The number of allylic oxidation sites excluding steroid dienone is 2. The lowest BCUT2D eigenvalue weighted by Gasteiger charge is -2.15. The van der Waals surface area contributed by atoms with Gasteiger partial charge in [0.05, 0.1) is 0 Å². The first kappa shape index (κ1) is 11.0. The number of rotatable bonds is 2. The summed E-state index contributed by atoms with van der Waals surface area (Å²) in [4.78, 5) is 0. The van der Waals surface area contributed by atoms with Gasteiger partial charge >= 0.3 is 0 Å². The zero-order valence-electron chi connectivity index (χ0n) is 9.67. The van der Waals surface area contributed by atoms with E-state index in [9.17, 15) is 0 Å². The van der Waals surface area contributed by atoms with Crippen LogP contribution in [-0.2, 0) is 0 Å². The Labute approximate surface area is 87.7 Å². The summed E-state index contributed by atoms with van der Waals surface area (Å²) in [5, 5.41) is 0. The quantitative estimate of drug-likeness (QED) is 0.640. The molecule has 0 saturated heterocycles. The summed E-state index contributed by atoms with van der Waals surface area (Å²) < 4.78 is 0. The summed E-state index contributed by atoms with van der Waals surface area (Å²) in [6.45, 7) is 8.94. The smallest absolute Gasteiger partial charge is 0.0197 e. The molecule has 0 fully saturated rings. The Morgan fingerprint density at radius 3 is 2.14 bits per heavy atom. The van der Waals surface area contributed by atoms with Crippen molar-refractivity contribution in [2.75, 3.05) is 0 Å². The van der Waals surface area contributed by atoms with E-state index in [0.29, 0.717) is 0 Å². The van der Waals surface area contributed by atoms with Crippen molar-refractivity contribution < 1.29 is 0 Å². The monoisotopic (exact) mass is 188 g/mol. The minimum atomic E-state index is 0.265. The van der Waals surface area contributed by atoms with Crippen molar-refractivity contribution in [1.82, 2.24) is 0 Å². The summed E-state index contributed by atoms with van der Waals surface area (Å²) in [5.41, 5.74) is 3.06. The van der Waals surface area contributed by atoms with Gasteiger partial charge in [0.2, 0.25) is 0 Å². The van der Waals surface area contributed by atoms with Crippen molar-refractivity contribution in [1.29, 1.82) is 0 Å². The second-order valence-corrected chi connectivity index (χ2v) is 4.76. The Hall–Kier alpha value is -1.04. The maximum absolute atomic E-state index is 2.36. The summed E-state index contributed by atoms with van der Waals surface area (Å²) in [6, 6.07) is 10.6. The molecule has 1 aromatic carbocycles. The first-order valence-electron chi connectivity index (χ1n) is 5.30. The highest BCUT2D eigenvalue weighted by atomic mass is 14.1. The third kappa shape index (κ3) is 3.37. The molecule has 14 heavy (non-hydrogen) atoms. The highest BCUT2D eigenvalue weighted by Crippen LogP contribution is 2.25. The van der Waals surface area contributed by atoms with Gasteiger partial charge in [-0.05, 0) is 23.0 Å². The topological polar surface area (TPSA) is 0 Å². The van der Waals surface area contributed by atoms with Crippen molar-refractivity contribution >= 4 is 5.57 Å². The third-order valence-corrected chi connectivity index (χ3v) is 2.13. The van der Waals surface area contributed by atoms with E-state index in [1.165, 1.54) is 11.1 Å². The van der Waals surface area contributed by atoms with Crippen LogP contribution in [0.25, 0.3) is 5.57 Å². The van der Waals surface area contributed by atoms with Gasteiger partial charge in [-0.25, -0.2) is 0 Å². The van der Waals surface area contributed by atoms with E-state index in [1.807, 2.05) is 0 Å². The minimum Gasteiger partial charge on any atom is -0.0753 e. The zero-order valence-corrected chi connectivity index (χ0v) is 9.67. The lowest BCUT2D eigenvalue weighted by molar-refractivity contribution is 0.544. The Balaban J connectivity index is 3.00. The second kappa shape index (κ2) is 4.45. The predicted molar refractivity (Wildman–Crippen MR) is 64.2 cm³/mol. The zero-order chi connectivity index (χ0) is 10.6. The van der Waals surface area contributed by atoms with Crippen LogP contribution in [0.1, 0.15) is 39.7 Å². The molecular formula is C14H20. The lowest BCUT2D eigenvalue weighted by atomic mass is 9.90. The fourth-order valence-corrected chi connectivity index (χ4v) is 1.56. The van der Waals surface area contributed by atoms with Crippen LogP contribution >= 0.6 is 0 Å². The average Bonchev–Trinajstić information content (AvgIpc) is 2.14. The second-order valence-electron chi connectivity index (χ2n) is 4.76. The van der Waals surface area contributed by atoms with Crippen LogP contribution in [0.15, 0.2) is 36.4 Å². The third-order valence-electron chi connectivity index (χ3n) is 2.13. The molecule has 1 rings (SSSR count). The van der Waals surface area contributed by atoms with Crippen LogP contribution in [-0.4, -0.2) is 0 Å².